The van der Waals surface area contributed by atoms with E-state index >= 15 is 0 Å². The van der Waals surface area contributed by atoms with Crippen LogP contribution < -0.4 is 11.4 Å². The van der Waals surface area contributed by atoms with Gasteiger partial charge in [-0.05, 0) is 37.8 Å². The van der Waals surface area contributed by atoms with Crippen LogP contribution in [0, 0.1) is 0 Å². The van der Waals surface area contributed by atoms with Crippen molar-refractivity contribution >= 4 is 11.6 Å². The zero-order chi connectivity index (χ0) is 14.6. The average Bonchev–Trinajstić information content (AvgIpc) is 2.64. The third-order valence-corrected chi connectivity index (χ3v) is 5.18. The summed E-state index contributed by atoms with van der Waals surface area (Å²) in [6.45, 7) is 0. The number of rotatable bonds is 1. The maximum absolute atomic E-state index is 12.8. The average molecular weight is 306 g/mol. The standard InChI is InChI=1S/C15H16ClN3O2/c16-12-8-6-11-7-9-13(12)19-15(21)17(14(20)18(11)19)10-4-2-1-3-5-10/h1-5,11-13H,6-9H2/t11-,12+,13-/m1/s1. The zero-order valence-electron chi connectivity index (χ0n) is 11.5. The lowest BCUT2D eigenvalue weighted by atomic mass is 10.1. The van der Waals surface area contributed by atoms with Crippen LogP contribution in [0.5, 0.6) is 0 Å². The van der Waals surface area contributed by atoms with Gasteiger partial charge in [-0.25, -0.2) is 23.5 Å². The largest absolute Gasteiger partial charge is 0.352 e. The van der Waals surface area contributed by atoms with Gasteiger partial charge in [0.05, 0.1) is 23.1 Å². The van der Waals surface area contributed by atoms with Crippen molar-refractivity contribution in [1.82, 2.24) is 13.9 Å². The van der Waals surface area contributed by atoms with E-state index in [0.717, 1.165) is 25.7 Å². The molecule has 3 heterocycles. The van der Waals surface area contributed by atoms with Gasteiger partial charge in [0.25, 0.3) is 0 Å². The number of hydrogen-bond donors (Lipinski definition) is 0. The fraction of sp³-hybridized carbons (Fsp3) is 0.467. The molecule has 0 amide bonds. The molecule has 6 heteroatoms. The Morgan fingerprint density at radius 1 is 0.905 bits per heavy atom. The molecule has 1 aromatic heterocycles. The van der Waals surface area contributed by atoms with E-state index in [9.17, 15) is 9.59 Å². The van der Waals surface area contributed by atoms with Gasteiger partial charge in [-0.3, -0.25) is 0 Å². The van der Waals surface area contributed by atoms with Gasteiger partial charge in [0.1, 0.15) is 0 Å². The second kappa shape index (κ2) is 4.63. The van der Waals surface area contributed by atoms with E-state index in [1.165, 1.54) is 4.57 Å². The molecule has 1 fully saturated rings. The van der Waals surface area contributed by atoms with Crippen LogP contribution in [0.4, 0.5) is 0 Å². The van der Waals surface area contributed by atoms with Crippen molar-refractivity contribution in [2.45, 2.75) is 43.1 Å². The summed E-state index contributed by atoms with van der Waals surface area (Å²) in [6, 6.07) is 9.10. The second-order valence-electron chi connectivity index (χ2n) is 5.82. The van der Waals surface area contributed by atoms with Crippen molar-refractivity contribution < 1.29 is 0 Å². The van der Waals surface area contributed by atoms with Crippen molar-refractivity contribution in [3.63, 3.8) is 0 Å². The van der Waals surface area contributed by atoms with Crippen LogP contribution >= 0.6 is 11.6 Å². The fourth-order valence-electron chi connectivity index (χ4n) is 3.66. The van der Waals surface area contributed by atoms with E-state index < -0.39 is 0 Å². The maximum atomic E-state index is 12.8. The first kappa shape index (κ1) is 13.0. The molecular formula is C15H16ClN3O2. The monoisotopic (exact) mass is 305 g/mol. The molecule has 21 heavy (non-hydrogen) atoms. The molecule has 1 aliphatic carbocycles. The minimum atomic E-state index is -0.270. The predicted octanol–water partition coefficient (Wildman–Crippen LogP) is 2.08. The Balaban J connectivity index is 2.01. The molecule has 0 radical (unpaired) electrons. The summed E-state index contributed by atoms with van der Waals surface area (Å²) in [6.07, 6.45) is 3.52. The molecule has 5 nitrogen and oxygen atoms in total. The molecule has 0 N–H and O–H groups in total. The Labute approximate surface area is 126 Å². The van der Waals surface area contributed by atoms with E-state index in [0.29, 0.717) is 5.69 Å². The lowest BCUT2D eigenvalue weighted by molar-refractivity contribution is 0.242. The second-order valence-corrected chi connectivity index (χ2v) is 6.38. The van der Waals surface area contributed by atoms with Crippen LogP contribution in [0.15, 0.2) is 39.9 Å². The van der Waals surface area contributed by atoms with Crippen LogP contribution in [0.2, 0.25) is 0 Å². The summed E-state index contributed by atoms with van der Waals surface area (Å²) in [5.41, 5.74) is 0.103. The van der Waals surface area contributed by atoms with Crippen LogP contribution in [0.25, 0.3) is 5.69 Å². The Morgan fingerprint density at radius 3 is 2.33 bits per heavy atom. The minimum Gasteiger partial charge on any atom is -0.245 e. The van der Waals surface area contributed by atoms with Crippen LogP contribution in [-0.2, 0) is 0 Å². The Bertz CT molecular complexity index is 789. The van der Waals surface area contributed by atoms with Gasteiger partial charge >= 0.3 is 11.4 Å². The van der Waals surface area contributed by atoms with E-state index in [4.69, 9.17) is 11.6 Å². The van der Waals surface area contributed by atoms with Crippen LogP contribution in [0.3, 0.4) is 0 Å². The van der Waals surface area contributed by atoms with Gasteiger partial charge in [-0.1, -0.05) is 18.2 Å². The minimum absolute atomic E-state index is 0.0735. The molecule has 0 spiro atoms. The van der Waals surface area contributed by atoms with Gasteiger partial charge in [0, 0.05) is 0 Å². The molecule has 5 rings (SSSR count). The highest BCUT2D eigenvalue weighted by atomic mass is 35.5. The van der Waals surface area contributed by atoms with E-state index in [1.54, 1.807) is 21.5 Å². The molecule has 3 atom stereocenters. The zero-order valence-corrected chi connectivity index (χ0v) is 12.2. The number of halogens is 1. The maximum Gasteiger partial charge on any atom is 0.352 e. The molecule has 1 saturated carbocycles. The predicted molar refractivity (Wildman–Crippen MR) is 80.5 cm³/mol. The molecular weight excluding hydrogens is 290 g/mol. The van der Waals surface area contributed by atoms with Crippen molar-refractivity contribution in [3.8, 4) is 5.69 Å². The third-order valence-electron chi connectivity index (χ3n) is 4.67. The van der Waals surface area contributed by atoms with Gasteiger partial charge in [-0.15, -0.1) is 11.6 Å². The number of benzene rings is 1. The summed E-state index contributed by atoms with van der Waals surface area (Å²) >= 11 is 6.44. The smallest absolute Gasteiger partial charge is 0.245 e. The van der Waals surface area contributed by atoms with Crippen molar-refractivity contribution in [2.75, 3.05) is 0 Å². The van der Waals surface area contributed by atoms with Crippen molar-refractivity contribution in [2.24, 2.45) is 0 Å². The molecule has 2 aromatic rings. The fourth-order valence-corrected chi connectivity index (χ4v) is 4.01. The number of nitrogens with zero attached hydrogens (tertiary/aromatic N) is 3. The first-order valence-corrected chi connectivity index (χ1v) is 7.77. The highest BCUT2D eigenvalue weighted by Crippen LogP contribution is 2.39. The molecule has 110 valence electrons. The topological polar surface area (TPSA) is 48.9 Å². The lowest BCUT2D eigenvalue weighted by Gasteiger charge is -2.28. The highest BCUT2D eigenvalue weighted by Gasteiger charge is 2.39. The first-order chi connectivity index (χ1) is 10.2. The van der Waals surface area contributed by atoms with E-state index in [1.807, 2.05) is 18.2 Å². The van der Waals surface area contributed by atoms with Gasteiger partial charge in [0.2, 0.25) is 0 Å². The molecule has 2 aliphatic heterocycles. The molecule has 0 unspecified atom stereocenters. The quantitative estimate of drug-likeness (QED) is 0.757. The molecule has 0 saturated heterocycles. The Hall–Kier alpha value is -1.75. The van der Waals surface area contributed by atoms with Crippen molar-refractivity contribution in [1.29, 1.82) is 0 Å². The number of alkyl halides is 1. The third kappa shape index (κ3) is 1.77. The first-order valence-electron chi connectivity index (χ1n) is 7.34. The molecule has 2 bridgehead atoms. The molecule has 1 aromatic carbocycles. The lowest BCUT2D eigenvalue weighted by Crippen LogP contribution is -2.37. The van der Waals surface area contributed by atoms with Gasteiger partial charge in [0.15, 0.2) is 0 Å². The number of hydrogen-bond acceptors (Lipinski definition) is 2. The number of fused-ring (bicyclic) bond motifs is 3. The summed E-state index contributed by atoms with van der Waals surface area (Å²) < 4.78 is 4.51. The number of aromatic nitrogens is 3. The SMILES string of the molecule is O=c1n(-c2ccccc2)c(=O)n2n1[C@H]1CC[C@@H]2[C@@H](Cl)CC1. The summed E-state index contributed by atoms with van der Waals surface area (Å²) in [7, 11) is 0. The normalized spacial score (nSPS) is 27.4. The molecule has 3 aliphatic rings. The summed E-state index contributed by atoms with van der Waals surface area (Å²) in [5.74, 6) is 0. The van der Waals surface area contributed by atoms with Crippen LogP contribution in [0.1, 0.15) is 37.8 Å². The van der Waals surface area contributed by atoms with E-state index in [2.05, 4.69) is 0 Å². The summed E-state index contributed by atoms with van der Waals surface area (Å²) in [5, 5.41) is -0.0764. The number of para-hydroxylation sites is 1. The Kier molecular flexibility index (Phi) is 2.85. The van der Waals surface area contributed by atoms with E-state index in [-0.39, 0.29) is 28.8 Å². The summed E-state index contributed by atoms with van der Waals surface area (Å²) in [4.78, 5) is 25.5. The van der Waals surface area contributed by atoms with Crippen molar-refractivity contribution in [3.05, 3.63) is 51.3 Å². The van der Waals surface area contributed by atoms with Crippen LogP contribution in [-0.4, -0.2) is 19.3 Å². The Morgan fingerprint density at radius 2 is 1.57 bits per heavy atom. The van der Waals surface area contributed by atoms with Gasteiger partial charge < -0.3 is 0 Å². The van der Waals surface area contributed by atoms with Gasteiger partial charge in [-0.2, -0.15) is 0 Å². The highest BCUT2D eigenvalue weighted by molar-refractivity contribution is 6.20.